The van der Waals surface area contributed by atoms with Crippen molar-refractivity contribution >= 4 is 17.8 Å². The summed E-state index contributed by atoms with van der Waals surface area (Å²) in [6, 6.07) is 6.82. The smallest absolute Gasteiger partial charge is 0.338 e. The quantitative estimate of drug-likeness (QED) is 0.863. The molecule has 6 nitrogen and oxygen atoms in total. The van der Waals surface area contributed by atoms with Crippen molar-refractivity contribution in [3.8, 4) is 0 Å². The Bertz CT molecular complexity index is 767. The Labute approximate surface area is 141 Å². The van der Waals surface area contributed by atoms with Crippen molar-refractivity contribution in [1.29, 1.82) is 0 Å². The van der Waals surface area contributed by atoms with Crippen LogP contribution in [0.15, 0.2) is 40.5 Å². The van der Waals surface area contributed by atoms with Gasteiger partial charge in [0.25, 0.3) is 5.91 Å². The minimum absolute atomic E-state index is 0.127. The highest BCUT2D eigenvalue weighted by Gasteiger charge is 2.45. The monoisotopic (exact) mass is 327 g/mol. The second kappa shape index (κ2) is 6.11. The van der Waals surface area contributed by atoms with Gasteiger partial charge in [-0.25, -0.2) is 9.79 Å². The number of esters is 1. The van der Waals surface area contributed by atoms with E-state index < -0.39 is 18.1 Å². The highest BCUT2D eigenvalue weighted by Crippen LogP contribution is 2.37. The van der Waals surface area contributed by atoms with E-state index in [4.69, 9.17) is 4.74 Å². The first kappa shape index (κ1) is 16.2. The van der Waals surface area contributed by atoms with Crippen molar-refractivity contribution in [2.45, 2.75) is 39.8 Å². The third-order valence-electron chi connectivity index (χ3n) is 4.23. The maximum Gasteiger partial charge on any atom is 0.338 e. The summed E-state index contributed by atoms with van der Waals surface area (Å²) in [5, 5.41) is 3.08. The minimum Gasteiger partial charge on any atom is -0.463 e. The third kappa shape index (κ3) is 2.58. The van der Waals surface area contributed by atoms with Gasteiger partial charge in [-0.15, -0.1) is 0 Å². The molecule has 2 aliphatic heterocycles. The molecule has 1 N–H and O–H groups in total. The van der Waals surface area contributed by atoms with Gasteiger partial charge in [-0.3, -0.25) is 9.69 Å². The van der Waals surface area contributed by atoms with E-state index in [0.29, 0.717) is 17.2 Å². The zero-order valence-corrected chi connectivity index (χ0v) is 14.3. The average Bonchev–Trinajstić information content (AvgIpc) is 2.80. The van der Waals surface area contributed by atoms with E-state index in [2.05, 4.69) is 10.3 Å². The fraction of sp³-hybridized carbons (Fsp3) is 0.389. The standard InChI is InChI=1S/C18H21N3O3/c1-5-24-17(23)14-11(3)19-18-20-12(4)16(22)21(18)15(14)13-8-6-7-10(2)9-13/h6-9,12,15H,5H2,1-4H3,(H,19,20). The van der Waals surface area contributed by atoms with Gasteiger partial charge in [0, 0.05) is 5.70 Å². The number of allylic oxidation sites excluding steroid dienone is 1. The molecule has 2 atom stereocenters. The lowest BCUT2D eigenvalue weighted by atomic mass is 9.92. The molecule has 1 aromatic rings. The van der Waals surface area contributed by atoms with Crippen LogP contribution in [-0.4, -0.2) is 35.4 Å². The topological polar surface area (TPSA) is 71.0 Å². The molecule has 0 spiro atoms. The summed E-state index contributed by atoms with van der Waals surface area (Å²) in [6.07, 6.45) is 0. The summed E-state index contributed by atoms with van der Waals surface area (Å²) in [5.74, 6) is -0.0525. The Morgan fingerprint density at radius 2 is 2.12 bits per heavy atom. The predicted octanol–water partition coefficient (Wildman–Crippen LogP) is 2.06. The molecule has 0 saturated carbocycles. The molecule has 0 radical (unpaired) electrons. The van der Waals surface area contributed by atoms with Gasteiger partial charge in [0.15, 0.2) is 0 Å². The highest BCUT2D eigenvalue weighted by molar-refractivity contribution is 6.09. The molecular formula is C18H21N3O3. The number of ether oxygens (including phenoxy) is 1. The Balaban J connectivity index is 2.16. The number of amides is 1. The van der Waals surface area contributed by atoms with E-state index >= 15 is 0 Å². The molecule has 24 heavy (non-hydrogen) atoms. The van der Waals surface area contributed by atoms with Crippen LogP contribution in [0, 0.1) is 6.92 Å². The number of carbonyl (C=O) groups is 2. The molecule has 2 aliphatic rings. The molecule has 2 heterocycles. The van der Waals surface area contributed by atoms with Crippen molar-refractivity contribution in [1.82, 2.24) is 10.2 Å². The van der Waals surface area contributed by atoms with Gasteiger partial charge >= 0.3 is 5.97 Å². The van der Waals surface area contributed by atoms with E-state index in [1.54, 1.807) is 18.7 Å². The van der Waals surface area contributed by atoms with Crippen LogP contribution in [0.3, 0.4) is 0 Å². The molecule has 2 unspecified atom stereocenters. The first-order valence-corrected chi connectivity index (χ1v) is 8.06. The molecule has 0 bridgehead atoms. The SMILES string of the molecule is CCOC(=O)C1=C(C)NC2=NC(C)C(=O)N2C1c1cccc(C)c1. The highest BCUT2D eigenvalue weighted by atomic mass is 16.5. The number of fused-ring (bicyclic) bond motifs is 1. The fourth-order valence-corrected chi connectivity index (χ4v) is 3.15. The number of rotatable bonds is 3. The van der Waals surface area contributed by atoms with Crippen molar-refractivity contribution in [3.05, 3.63) is 46.7 Å². The van der Waals surface area contributed by atoms with Gasteiger partial charge in [0.1, 0.15) is 6.04 Å². The first-order chi connectivity index (χ1) is 11.4. The Hall–Kier alpha value is -2.63. The lowest BCUT2D eigenvalue weighted by molar-refractivity contribution is -0.139. The van der Waals surface area contributed by atoms with Crippen molar-refractivity contribution < 1.29 is 14.3 Å². The zero-order valence-electron chi connectivity index (χ0n) is 14.3. The van der Waals surface area contributed by atoms with Crippen molar-refractivity contribution in [2.24, 2.45) is 4.99 Å². The van der Waals surface area contributed by atoms with E-state index in [-0.39, 0.29) is 12.5 Å². The maximum atomic E-state index is 12.6. The summed E-state index contributed by atoms with van der Waals surface area (Å²) in [4.78, 5) is 31.1. The lowest BCUT2D eigenvalue weighted by Gasteiger charge is -2.36. The van der Waals surface area contributed by atoms with E-state index in [1.165, 1.54) is 0 Å². The van der Waals surface area contributed by atoms with Crippen LogP contribution in [0.5, 0.6) is 0 Å². The van der Waals surface area contributed by atoms with Crippen molar-refractivity contribution in [2.75, 3.05) is 6.61 Å². The van der Waals surface area contributed by atoms with Gasteiger partial charge in [-0.1, -0.05) is 29.8 Å². The second-order valence-corrected chi connectivity index (χ2v) is 6.04. The number of nitrogens with zero attached hydrogens (tertiary/aromatic N) is 2. The number of aryl methyl sites for hydroxylation is 1. The fourth-order valence-electron chi connectivity index (χ4n) is 3.15. The van der Waals surface area contributed by atoms with Crippen LogP contribution in [0.25, 0.3) is 0 Å². The van der Waals surface area contributed by atoms with Crippen LogP contribution >= 0.6 is 0 Å². The van der Waals surface area contributed by atoms with Crippen LogP contribution in [-0.2, 0) is 14.3 Å². The molecule has 1 amide bonds. The molecule has 0 aromatic heterocycles. The number of guanidine groups is 1. The van der Waals surface area contributed by atoms with Crippen LogP contribution < -0.4 is 5.32 Å². The number of benzene rings is 1. The zero-order chi connectivity index (χ0) is 17.4. The second-order valence-electron chi connectivity index (χ2n) is 6.04. The lowest BCUT2D eigenvalue weighted by Crippen LogP contribution is -2.49. The summed E-state index contributed by atoms with van der Waals surface area (Å²) in [7, 11) is 0. The molecule has 1 aromatic carbocycles. The Morgan fingerprint density at radius 1 is 1.38 bits per heavy atom. The number of hydrogen-bond donors (Lipinski definition) is 1. The van der Waals surface area contributed by atoms with Crippen LogP contribution in [0.1, 0.15) is 37.9 Å². The molecule has 0 saturated heterocycles. The molecule has 6 heteroatoms. The average molecular weight is 327 g/mol. The number of hydrogen-bond acceptors (Lipinski definition) is 5. The van der Waals surface area contributed by atoms with Gasteiger partial charge in [-0.05, 0) is 33.3 Å². The normalized spacial score (nSPS) is 22.9. The maximum absolute atomic E-state index is 12.6. The van der Waals surface area contributed by atoms with Gasteiger partial charge in [0.05, 0.1) is 18.2 Å². The van der Waals surface area contributed by atoms with Crippen LogP contribution in [0.2, 0.25) is 0 Å². The van der Waals surface area contributed by atoms with Gasteiger partial charge in [0.2, 0.25) is 5.96 Å². The summed E-state index contributed by atoms with van der Waals surface area (Å²) in [5.41, 5.74) is 3.04. The summed E-state index contributed by atoms with van der Waals surface area (Å²) < 4.78 is 5.23. The molecule has 0 aliphatic carbocycles. The Morgan fingerprint density at radius 3 is 2.79 bits per heavy atom. The summed E-state index contributed by atoms with van der Waals surface area (Å²) >= 11 is 0. The molecule has 3 rings (SSSR count). The molecule has 126 valence electrons. The van der Waals surface area contributed by atoms with Crippen LogP contribution in [0.4, 0.5) is 0 Å². The van der Waals surface area contributed by atoms with Gasteiger partial charge < -0.3 is 10.1 Å². The van der Waals surface area contributed by atoms with E-state index in [0.717, 1.165) is 11.1 Å². The number of aliphatic imine (C=N–C) groups is 1. The molecular weight excluding hydrogens is 306 g/mol. The first-order valence-electron chi connectivity index (χ1n) is 8.06. The minimum atomic E-state index is -0.526. The van der Waals surface area contributed by atoms with E-state index in [9.17, 15) is 9.59 Å². The molecule has 0 fully saturated rings. The predicted molar refractivity (Wildman–Crippen MR) is 90.1 cm³/mol. The summed E-state index contributed by atoms with van der Waals surface area (Å²) in [6.45, 7) is 7.59. The van der Waals surface area contributed by atoms with Crippen molar-refractivity contribution in [3.63, 3.8) is 0 Å². The third-order valence-corrected chi connectivity index (χ3v) is 4.23. The number of nitrogens with one attached hydrogen (secondary N) is 1. The van der Waals surface area contributed by atoms with Gasteiger partial charge in [-0.2, -0.15) is 0 Å². The Kier molecular flexibility index (Phi) is 4.13. The number of carbonyl (C=O) groups excluding carboxylic acids is 2. The van der Waals surface area contributed by atoms with E-state index in [1.807, 2.05) is 38.1 Å². The largest absolute Gasteiger partial charge is 0.463 e.